The fourth-order valence-electron chi connectivity index (χ4n) is 2.86. The summed E-state index contributed by atoms with van der Waals surface area (Å²) in [4.78, 5) is 0. The summed E-state index contributed by atoms with van der Waals surface area (Å²) in [6, 6.07) is 0. The largest absolute Gasteiger partial charge is 0.330 e. The van der Waals surface area contributed by atoms with E-state index in [0.717, 1.165) is 18.4 Å². The zero-order chi connectivity index (χ0) is 13.6. The molecule has 1 nitrogen and oxygen atoms in total. The van der Waals surface area contributed by atoms with Crippen LogP contribution in [0, 0.1) is 11.8 Å². The topological polar surface area (TPSA) is 26.0 Å². The second-order valence-corrected chi connectivity index (χ2v) is 6.12. The van der Waals surface area contributed by atoms with Crippen molar-refractivity contribution in [3.63, 3.8) is 0 Å². The molecule has 0 bridgehead atoms. The molecule has 0 fully saturated rings. The fraction of sp³-hybridized carbons (Fsp3) is 1.00. The molecule has 0 aliphatic heterocycles. The maximum atomic E-state index is 5.75. The van der Waals surface area contributed by atoms with Crippen molar-refractivity contribution in [2.45, 2.75) is 91.4 Å². The molecule has 0 saturated carbocycles. The fourth-order valence-corrected chi connectivity index (χ4v) is 2.86. The summed E-state index contributed by atoms with van der Waals surface area (Å²) < 4.78 is 0. The summed E-state index contributed by atoms with van der Waals surface area (Å²) in [7, 11) is 0. The first-order valence-electron chi connectivity index (χ1n) is 8.44. The summed E-state index contributed by atoms with van der Waals surface area (Å²) in [5, 5.41) is 0. The molecule has 18 heavy (non-hydrogen) atoms. The SMILES string of the molecule is CCCCCCCC(CCN)CCC(C)CCC. The van der Waals surface area contributed by atoms with Gasteiger partial charge in [-0.3, -0.25) is 0 Å². The van der Waals surface area contributed by atoms with Crippen molar-refractivity contribution < 1.29 is 0 Å². The van der Waals surface area contributed by atoms with Crippen LogP contribution in [-0.4, -0.2) is 6.54 Å². The molecule has 0 amide bonds. The number of hydrogen-bond acceptors (Lipinski definition) is 1. The Bertz CT molecular complexity index is 156. The Balaban J connectivity index is 3.63. The molecule has 0 aliphatic carbocycles. The van der Waals surface area contributed by atoms with E-state index in [4.69, 9.17) is 5.73 Å². The van der Waals surface area contributed by atoms with E-state index in [0.29, 0.717) is 0 Å². The maximum Gasteiger partial charge on any atom is -0.00746 e. The van der Waals surface area contributed by atoms with Crippen LogP contribution in [0.5, 0.6) is 0 Å². The van der Waals surface area contributed by atoms with E-state index in [1.54, 1.807) is 0 Å². The lowest BCUT2D eigenvalue weighted by Crippen LogP contribution is -2.10. The summed E-state index contributed by atoms with van der Waals surface area (Å²) in [5.74, 6) is 1.81. The van der Waals surface area contributed by atoms with Gasteiger partial charge in [0.05, 0.1) is 0 Å². The molecular formula is C17H37N. The van der Waals surface area contributed by atoms with Crippen LogP contribution in [0.25, 0.3) is 0 Å². The van der Waals surface area contributed by atoms with Gasteiger partial charge in [0.1, 0.15) is 0 Å². The summed E-state index contributed by atoms with van der Waals surface area (Å²) in [5.41, 5.74) is 5.75. The number of rotatable bonds is 13. The van der Waals surface area contributed by atoms with Gasteiger partial charge in [-0.25, -0.2) is 0 Å². The predicted octanol–water partition coefficient (Wildman–Crippen LogP) is 5.53. The van der Waals surface area contributed by atoms with Crippen LogP contribution in [0.4, 0.5) is 0 Å². The van der Waals surface area contributed by atoms with Gasteiger partial charge in [-0.1, -0.05) is 85.0 Å². The predicted molar refractivity (Wildman–Crippen MR) is 83.8 cm³/mol. The first kappa shape index (κ1) is 18.0. The zero-order valence-electron chi connectivity index (χ0n) is 13.2. The minimum Gasteiger partial charge on any atom is -0.330 e. The molecule has 0 heterocycles. The minimum atomic E-state index is 0.877. The molecule has 0 rings (SSSR count). The molecule has 0 aromatic heterocycles. The van der Waals surface area contributed by atoms with Crippen molar-refractivity contribution in [1.82, 2.24) is 0 Å². The molecular weight excluding hydrogens is 218 g/mol. The van der Waals surface area contributed by atoms with E-state index in [1.165, 1.54) is 70.6 Å². The van der Waals surface area contributed by atoms with Gasteiger partial charge in [0.2, 0.25) is 0 Å². The van der Waals surface area contributed by atoms with Crippen LogP contribution in [0.1, 0.15) is 91.4 Å². The molecule has 1 heteroatoms. The van der Waals surface area contributed by atoms with E-state index in [1.807, 2.05) is 0 Å². The summed E-state index contributed by atoms with van der Waals surface area (Å²) in [6.45, 7) is 7.86. The molecule has 0 aliphatic rings. The van der Waals surface area contributed by atoms with Gasteiger partial charge in [-0.2, -0.15) is 0 Å². The molecule has 2 unspecified atom stereocenters. The van der Waals surface area contributed by atoms with E-state index in [-0.39, 0.29) is 0 Å². The van der Waals surface area contributed by atoms with Crippen molar-refractivity contribution in [2.75, 3.05) is 6.54 Å². The second kappa shape index (κ2) is 13.4. The van der Waals surface area contributed by atoms with E-state index >= 15 is 0 Å². The highest BCUT2D eigenvalue weighted by Crippen LogP contribution is 2.23. The highest BCUT2D eigenvalue weighted by molar-refractivity contribution is 4.63. The maximum absolute atomic E-state index is 5.75. The smallest absolute Gasteiger partial charge is 0.00746 e. The van der Waals surface area contributed by atoms with Crippen molar-refractivity contribution in [3.05, 3.63) is 0 Å². The Morgan fingerprint density at radius 1 is 0.722 bits per heavy atom. The summed E-state index contributed by atoms with van der Waals surface area (Å²) in [6.07, 6.45) is 15.2. The van der Waals surface area contributed by atoms with Crippen LogP contribution in [0.15, 0.2) is 0 Å². The Labute approximate surface area is 116 Å². The van der Waals surface area contributed by atoms with Crippen LogP contribution in [0.3, 0.4) is 0 Å². The van der Waals surface area contributed by atoms with Crippen molar-refractivity contribution in [1.29, 1.82) is 0 Å². The average molecular weight is 255 g/mol. The Morgan fingerprint density at radius 2 is 1.44 bits per heavy atom. The number of nitrogens with two attached hydrogens (primary N) is 1. The lowest BCUT2D eigenvalue weighted by atomic mass is 9.88. The summed E-state index contributed by atoms with van der Waals surface area (Å²) >= 11 is 0. The highest BCUT2D eigenvalue weighted by atomic mass is 14.5. The third-order valence-corrected chi connectivity index (χ3v) is 4.14. The van der Waals surface area contributed by atoms with E-state index < -0.39 is 0 Å². The van der Waals surface area contributed by atoms with Crippen LogP contribution >= 0.6 is 0 Å². The Kier molecular flexibility index (Phi) is 13.4. The Morgan fingerprint density at radius 3 is 2.06 bits per heavy atom. The van der Waals surface area contributed by atoms with Gasteiger partial charge >= 0.3 is 0 Å². The molecule has 2 N–H and O–H groups in total. The Hall–Kier alpha value is -0.0400. The molecule has 0 aromatic carbocycles. The highest BCUT2D eigenvalue weighted by Gasteiger charge is 2.10. The van der Waals surface area contributed by atoms with E-state index in [9.17, 15) is 0 Å². The van der Waals surface area contributed by atoms with Gasteiger partial charge in [0.25, 0.3) is 0 Å². The number of unbranched alkanes of at least 4 members (excludes halogenated alkanes) is 4. The minimum absolute atomic E-state index is 0.877. The lowest BCUT2D eigenvalue weighted by Gasteiger charge is -2.18. The molecule has 2 atom stereocenters. The van der Waals surface area contributed by atoms with Crippen LogP contribution < -0.4 is 5.73 Å². The first-order chi connectivity index (χ1) is 8.74. The molecule has 110 valence electrons. The standard InChI is InChI=1S/C17H37N/c1-4-6-7-8-9-11-17(14-15-18)13-12-16(3)10-5-2/h16-17H,4-15,18H2,1-3H3. The third-order valence-electron chi connectivity index (χ3n) is 4.14. The zero-order valence-corrected chi connectivity index (χ0v) is 13.2. The average Bonchev–Trinajstić information content (AvgIpc) is 2.36. The quantitative estimate of drug-likeness (QED) is 0.430. The van der Waals surface area contributed by atoms with Crippen molar-refractivity contribution >= 4 is 0 Å². The molecule has 0 aromatic rings. The number of hydrogen-bond donors (Lipinski definition) is 1. The van der Waals surface area contributed by atoms with Gasteiger partial charge in [0, 0.05) is 0 Å². The third kappa shape index (κ3) is 11.1. The second-order valence-electron chi connectivity index (χ2n) is 6.12. The van der Waals surface area contributed by atoms with Gasteiger partial charge in [0.15, 0.2) is 0 Å². The lowest BCUT2D eigenvalue weighted by molar-refractivity contribution is 0.351. The van der Waals surface area contributed by atoms with Crippen molar-refractivity contribution in [2.24, 2.45) is 17.6 Å². The molecule has 0 saturated heterocycles. The van der Waals surface area contributed by atoms with Gasteiger partial charge < -0.3 is 5.73 Å². The van der Waals surface area contributed by atoms with Crippen molar-refractivity contribution in [3.8, 4) is 0 Å². The molecule has 0 spiro atoms. The monoisotopic (exact) mass is 255 g/mol. The van der Waals surface area contributed by atoms with Crippen LogP contribution in [0.2, 0.25) is 0 Å². The molecule has 0 radical (unpaired) electrons. The van der Waals surface area contributed by atoms with Crippen LogP contribution in [-0.2, 0) is 0 Å². The van der Waals surface area contributed by atoms with Gasteiger partial charge in [-0.05, 0) is 24.8 Å². The normalized spacial score (nSPS) is 14.7. The first-order valence-corrected chi connectivity index (χ1v) is 8.44. The van der Waals surface area contributed by atoms with E-state index in [2.05, 4.69) is 20.8 Å². The van der Waals surface area contributed by atoms with Gasteiger partial charge in [-0.15, -0.1) is 0 Å².